The van der Waals surface area contributed by atoms with Crippen molar-refractivity contribution in [1.82, 2.24) is 0 Å². The Morgan fingerprint density at radius 2 is 0.839 bits per heavy atom. The van der Waals surface area contributed by atoms with Crippen LogP contribution in [0.3, 0.4) is 0 Å². The van der Waals surface area contributed by atoms with Crippen molar-refractivity contribution in [2.75, 3.05) is 10.6 Å². The van der Waals surface area contributed by atoms with E-state index >= 15 is 0 Å². The summed E-state index contributed by atoms with van der Waals surface area (Å²) in [6.07, 6.45) is 3.97. The van der Waals surface area contributed by atoms with Crippen LogP contribution in [0.2, 0.25) is 0 Å². The minimum absolute atomic E-state index is 0.178. The van der Waals surface area contributed by atoms with Gasteiger partial charge in [-0.15, -0.1) is 0 Å². The van der Waals surface area contributed by atoms with Crippen LogP contribution in [0, 0.1) is 13.8 Å². The number of anilines is 2. The first-order valence-corrected chi connectivity index (χ1v) is 19.8. The normalized spacial score (nSPS) is 11.1. The monoisotopic (exact) mass is 790 g/mol. The Balaban J connectivity index is 0.000000222. The highest BCUT2D eigenvalue weighted by atomic mass is 32.2. The molecule has 0 fully saturated rings. The first kappa shape index (κ1) is 40.9. The molecule has 0 aliphatic heterocycles. The molecule has 286 valence electrons. The van der Waals surface area contributed by atoms with Crippen molar-refractivity contribution < 1.29 is 44.7 Å². The lowest BCUT2D eigenvalue weighted by atomic mass is 10.1. The van der Waals surface area contributed by atoms with Gasteiger partial charge in [-0.1, -0.05) is 35.4 Å². The highest BCUT2D eigenvalue weighted by Crippen LogP contribution is 2.19. The van der Waals surface area contributed by atoms with Crippen LogP contribution in [0.5, 0.6) is 0 Å². The molecule has 0 unspecified atom stereocenters. The number of carbonyl (C=O) groups excluding carboxylic acids is 2. The lowest BCUT2D eigenvalue weighted by Crippen LogP contribution is -2.27. The van der Waals surface area contributed by atoms with E-state index in [-0.39, 0.29) is 21.6 Å². The van der Waals surface area contributed by atoms with Gasteiger partial charge in [-0.2, -0.15) is 0 Å². The van der Waals surface area contributed by atoms with Gasteiger partial charge in [0.2, 0.25) is 11.0 Å². The molecule has 0 spiro atoms. The van der Waals surface area contributed by atoms with Crippen LogP contribution in [0.1, 0.15) is 31.8 Å². The van der Waals surface area contributed by atoms with Gasteiger partial charge in [-0.3, -0.25) is 9.59 Å². The second kappa shape index (κ2) is 17.4. The van der Waals surface area contributed by atoms with Gasteiger partial charge in [0.15, 0.2) is 12.4 Å². The third-order valence-corrected chi connectivity index (χ3v) is 10.2. The zero-order valence-corrected chi connectivity index (χ0v) is 32.5. The van der Waals surface area contributed by atoms with Crippen molar-refractivity contribution in [1.29, 1.82) is 0 Å². The average Bonchev–Trinajstić information content (AvgIpc) is 3.15. The molecule has 0 radical (unpaired) electrons. The van der Waals surface area contributed by atoms with Crippen LogP contribution in [0.4, 0.5) is 11.4 Å². The Hall–Kier alpha value is -6.32. The molecular weight excluding hydrogens is 753 g/mol. The van der Waals surface area contributed by atoms with Crippen LogP contribution in [-0.2, 0) is 34.3 Å². The molecule has 0 saturated carbocycles. The molecule has 0 aliphatic rings. The molecule has 2 N–H and O–H groups in total. The summed E-state index contributed by atoms with van der Waals surface area (Å²) in [5.41, 5.74) is 6.41. The van der Waals surface area contributed by atoms with E-state index in [4.69, 9.17) is 0 Å². The minimum atomic E-state index is -4.27. The molecule has 14 heteroatoms. The molecule has 0 bridgehead atoms. The first-order valence-electron chi connectivity index (χ1n) is 17.0. The number of aromatic nitrogens is 2. The lowest BCUT2D eigenvalue weighted by molar-refractivity contribution is -0.645. The number of nitrogens with zero attached hydrogens (tertiary/aromatic N) is 2. The van der Waals surface area contributed by atoms with Crippen LogP contribution in [-0.4, -0.2) is 37.8 Å². The van der Waals surface area contributed by atoms with Crippen molar-refractivity contribution in [2.24, 2.45) is 14.1 Å². The van der Waals surface area contributed by atoms with E-state index in [1.54, 1.807) is 48.5 Å². The number of amides is 2. The number of pyridine rings is 2. The van der Waals surface area contributed by atoms with Crippen molar-refractivity contribution >= 4 is 65.2 Å². The van der Waals surface area contributed by atoms with E-state index in [1.807, 2.05) is 110 Å². The molecule has 0 aliphatic carbocycles. The summed E-state index contributed by atoms with van der Waals surface area (Å²) < 4.78 is 66.4. The van der Waals surface area contributed by atoms with E-state index in [1.165, 1.54) is 24.3 Å². The van der Waals surface area contributed by atoms with Gasteiger partial charge in [0.1, 0.15) is 34.3 Å². The number of benzene rings is 5. The van der Waals surface area contributed by atoms with Gasteiger partial charge in [-0.05, 0) is 98.8 Å². The van der Waals surface area contributed by atoms with Crippen molar-refractivity contribution in [3.8, 4) is 0 Å². The number of hydrogen-bond acceptors (Lipinski definition) is 8. The SMILES string of the molecule is C[n+]1cccc2cc(NC(=O)c3ccc(C(=O)Nc4ccc5c(ccc[n+]5C)c4)cc3)ccc21.Cc1ccc(S(=O)(=O)[O-])cc1.Cc1ccc(S(=O)(=O)[O-])cc1. The van der Waals surface area contributed by atoms with Gasteiger partial charge in [0, 0.05) is 57.5 Å². The highest BCUT2D eigenvalue weighted by Gasteiger charge is 2.13. The summed E-state index contributed by atoms with van der Waals surface area (Å²) >= 11 is 0. The topological polar surface area (TPSA) is 180 Å². The summed E-state index contributed by atoms with van der Waals surface area (Å²) in [5, 5.41) is 7.94. The lowest BCUT2D eigenvalue weighted by Gasteiger charge is -2.08. The van der Waals surface area contributed by atoms with Gasteiger partial charge in [0.05, 0.1) is 9.79 Å². The van der Waals surface area contributed by atoms with E-state index in [2.05, 4.69) is 10.6 Å². The summed E-state index contributed by atoms with van der Waals surface area (Å²) in [4.78, 5) is 25.1. The molecular formula is C42H38N4O8S2. The number of fused-ring (bicyclic) bond motifs is 2. The molecule has 0 saturated heterocycles. The summed E-state index contributed by atoms with van der Waals surface area (Å²) in [7, 11) is -4.57. The fourth-order valence-corrected chi connectivity index (χ4v) is 6.41. The quantitative estimate of drug-likeness (QED) is 0.153. The zero-order valence-electron chi connectivity index (χ0n) is 30.8. The third-order valence-electron chi connectivity index (χ3n) is 8.53. The molecule has 2 aromatic heterocycles. The number of carbonyl (C=O) groups is 2. The maximum atomic E-state index is 12.7. The molecule has 5 aromatic carbocycles. The standard InChI is InChI=1S/C28H22N4O2.2C7H8O3S/c1-31-15-3-5-21-17-23(11-13-25(21)31)29-27(33)19-7-9-20(10-8-19)28(34)30-24-12-14-26-22(18-24)6-4-16-32(26)2;2*1-6-2-4-7(5-3-6)11(8,9)10/h3-18H,1-2H3;2*2-5H,1H3,(H,8,9,10). The molecule has 56 heavy (non-hydrogen) atoms. The second-order valence-electron chi connectivity index (χ2n) is 12.8. The Morgan fingerprint density at radius 1 is 0.500 bits per heavy atom. The first-order chi connectivity index (χ1) is 26.5. The largest absolute Gasteiger partial charge is 0.744 e. The minimum Gasteiger partial charge on any atom is -0.744 e. The van der Waals surface area contributed by atoms with E-state index in [0.717, 1.165) is 44.3 Å². The molecule has 2 amide bonds. The van der Waals surface area contributed by atoms with Crippen molar-refractivity contribution in [3.63, 3.8) is 0 Å². The van der Waals surface area contributed by atoms with Gasteiger partial charge >= 0.3 is 0 Å². The number of rotatable bonds is 6. The molecule has 7 aromatic rings. The van der Waals surface area contributed by atoms with Gasteiger partial charge in [0.25, 0.3) is 11.8 Å². The Kier molecular flexibility index (Phi) is 12.7. The zero-order chi connectivity index (χ0) is 40.6. The summed E-state index contributed by atoms with van der Waals surface area (Å²) in [5.74, 6) is -0.456. The van der Waals surface area contributed by atoms with Crippen LogP contribution in [0.15, 0.2) is 156 Å². The predicted molar refractivity (Wildman–Crippen MR) is 211 cm³/mol. The third kappa shape index (κ3) is 10.9. The Labute approximate surface area is 325 Å². The second-order valence-corrected chi connectivity index (χ2v) is 15.6. The maximum absolute atomic E-state index is 12.7. The van der Waals surface area contributed by atoms with Crippen molar-refractivity contribution in [2.45, 2.75) is 23.6 Å². The van der Waals surface area contributed by atoms with E-state index < -0.39 is 20.2 Å². The maximum Gasteiger partial charge on any atom is 0.255 e. The van der Waals surface area contributed by atoms with Gasteiger partial charge in [-0.25, -0.2) is 26.0 Å². The molecule has 0 atom stereocenters. The van der Waals surface area contributed by atoms with Crippen molar-refractivity contribution in [3.05, 3.63) is 168 Å². The number of hydrogen-bond donors (Lipinski definition) is 2. The number of nitrogens with one attached hydrogen (secondary N) is 2. The molecule has 2 heterocycles. The molecule has 7 rings (SSSR count). The Bertz CT molecular complexity index is 2570. The van der Waals surface area contributed by atoms with Crippen LogP contribution >= 0.6 is 0 Å². The fraction of sp³-hybridized carbons (Fsp3) is 0.0952. The summed E-state index contributed by atoms with van der Waals surface area (Å²) in [6, 6.07) is 37.8. The van der Waals surface area contributed by atoms with Crippen LogP contribution in [0.25, 0.3) is 21.8 Å². The highest BCUT2D eigenvalue weighted by molar-refractivity contribution is 7.86. The van der Waals surface area contributed by atoms with E-state index in [0.29, 0.717) is 11.1 Å². The molecule has 12 nitrogen and oxygen atoms in total. The Morgan fingerprint density at radius 3 is 1.16 bits per heavy atom. The average molecular weight is 791 g/mol. The summed E-state index contributed by atoms with van der Waals surface area (Å²) in [6.45, 7) is 3.64. The van der Waals surface area contributed by atoms with Gasteiger partial charge < -0.3 is 19.7 Å². The number of aryl methyl sites for hydroxylation is 4. The smallest absolute Gasteiger partial charge is 0.255 e. The predicted octanol–water partition coefficient (Wildman–Crippen LogP) is 5.94. The van der Waals surface area contributed by atoms with Crippen LogP contribution < -0.4 is 19.8 Å². The van der Waals surface area contributed by atoms with E-state index in [9.17, 15) is 35.5 Å². The fourth-order valence-electron chi connectivity index (χ4n) is 5.48.